The SMILES string of the molecule is CCS/C=C(/NC(=O)c1ccc(Cl)cc1)[P+](c1ccccc1)(c1ccccc1)c1ccccc1. The lowest BCUT2D eigenvalue weighted by atomic mass is 10.2. The second-order valence-electron chi connectivity index (χ2n) is 7.60. The summed E-state index contributed by atoms with van der Waals surface area (Å²) in [6, 6.07) is 38.6. The van der Waals surface area contributed by atoms with E-state index in [1.165, 1.54) is 15.9 Å². The Morgan fingerprint density at radius 3 is 1.62 bits per heavy atom. The molecule has 0 bridgehead atoms. The number of nitrogens with one attached hydrogen (secondary N) is 1. The first-order valence-electron chi connectivity index (χ1n) is 11.1. The number of benzene rings is 4. The minimum absolute atomic E-state index is 0.146. The van der Waals surface area contributed by atoms with E-state index >= 15 is 0 Å². The van der Waals surface area contributed by atoms with Crippen molar-refractivity contribution in [3.8, 4) is 0 Å². The van der Waals surface area contributed by atoms with Crippen molar-refractivity contribution < 1.29 is 4.79 Å². The van der Waals surface area contributed by atoms with Crippen LogP contribution in [0.15, 0.2) is 126 Å². The summed E-state index contributed by atoms with van der Waals surface area (Å²) in [5, 5.41) is 9.63. The molecule has 0 saturated carbocycles. The molecule has 0 aromatic heterocycles. The van der Waals surface area contributed by atoms with E-state index in [0.29, 0.717) is 10.6 Å². The molecule has 1 N–H and O–H groups in total. The van der Waals surface area contributed by atoms with Crippen LogP contribution in [0.3, 0.4) is 0 Å². The first kappa shape index (κ1) is 24.3. The van der Waals surface area contributed by atoms with Gasteiger partial charge in [0.1, 0.15) is 15.9 Å². The molecule has 2 nitrogen and oxygen atoms in total. The van der Waals surface area contributed by atoms with Crippen molar-refractivity contribution >= 4 is 52.4 Å². The molecule has 0 heterocycles. The predicted octanol–water partition coefficient (Wildman–Crippen LogP) is 6.62. The zero-order chi connectivity index (χ0) is 23.8. The van der Waals surface area contributed by atoms with Gasteiger partial charge in [0.15, 0.2) is 12.7 Å². The Kier molecular flexibility index (Phi) is 8.24. The zero-order valence-corrected chi connectivity index (χ0v) is 21.4. The number of halogens is 1. The van der Waals surface area contributed by atoms with E-state index in [0.717, 1.165) is 11.2 Å². The van der Waals surface area contributed by atoms with Crippen molar-refractivity contribution in [1.82, 2.24) is 5.32 Å². The van der Waals surface area contributed by atoms with Gasteiger partial charge in [-0.25, -0.2) is 0 Å². The van der Waals surface area contributed by atoms with Crippen LogP contribution in [-0.4, -0.2) is 11.7 Å². The lowest BCUT2D eigenvalue weighted by Gasteiger charge is -2.29. The minimum atomic E-state index is -2.39. The molecule has 0 unspecified atom stereocenters. The fourth-order valence-corrected chi connectivity index (χ4v) is 9.19. The first-order valence-corrected chi connectivity index (χ1v) is 14.3. The van der Waals surface area contributed by atoms with Gasteiger partial charge >= 0.3 is 0 Å². The van der Waals surface area contributed by atoms with Crippen LogP contribution in [0.5, 0.6) is 0 Å². The monoisotopic (exact) mass is 502 g/mol. The Hall–Kier alpha value is -2.84. The van der Waals surface area contributed by atoms with Crippen LogP contribution in [-0.2, 0) is 0 Å². The number of thioether (sulfide) groups is 1. The first-order chi connectivity index (χ1) is 16.7. The smallest absolute Gasteiger partial charge is 0.258 e. The average Bonchev–Trinajstić information content (AvgIpc) is 2.90. The van der Waals surface area contributed by atoms with Gasteiger partial charge in [-0.15, -0.1) is 11.8 Å². The summed E-state index contributed by atoms with van der Waals surface area (Å²) in [6.07, 6.45) is 0. The predicted molar refractivity (Wildman–Crippen MR) is 150 cm³/mol. The number of hydrogen-bond acceptors (Lipinski definition) is 2. The van der Waals surface area contributed by atoms with Crippen LogP contribution >= 0.6 is 30.6 Å². The van der Waals surface area contributed by atoms with E-state index in [-0.39, 0.29) is 5.91 Å². The molecule has 4 aromatic carbocycles. The number of hydrogen-bond donors (Lipinski definition) is 1. The number of rotatable bonds is 8. The largest absolute Gasteiger partial charge is 0.292 e. The summed E-state index contributed by atoms with van der Waals surface area (Å²) in [7, 11) is -2.39. The Morgan fingerprint density at radius 1 is 0.765 bits per heavy atom. The second-order valence-corrected chi connectivity index (χ2v) is 12.6. The molecule has 34 heavy (non-hydrogen) atoms. The molecule has 0 aliphatic rings. The Morgan fingerprint density at radius 2 is 1.21 bits per heavy atom. The van der Waals surface area contributed by atoms with E-state index in [9.17, 15) is 4.79 Å². The molecule has 4 aromatic rings. The van der Waals surface area contributed by atoms with Crippen molar-refractivity contribution in [1.29, 1.82) is 0 Å². The highest BCUT2D eigenvalue weighted by Gasteiger charge is 2.50. The standard InChI is InChI=1S/C29H25ClNOPS/c1-2-34-22-28(31-29(32)23-18-20-24(30)21-19-23)33(25-12-6-3-7-13-25,26-14-8-4-9-15-26)27-16-10-5-11-17-27/h3-22H,2H2,1H3/p+1/b28-22-. The van der Waals surface area contributed by atoms with E-state index in [1.54, 1.807) is 36.0 Å². The molecule has 0 fully saturated rings. The summed E-state index contributed by atoms with van der Waals surface area (Å²) < 4.78 is 0. The molecule has 0 aliphatic heterocycles. The van der Waals surface area contributed by atoms with Crippen molar-refractivity contribution in [2.75, 3.05) is 5.75 Å². The van der Waals surface area contributed by atoms with Gasteiger partial charge in [0.05, 0.1) is 0 Å². The third-order valence-corrected chi connectivity index (χ3v) is 10.8. The zero-order valence-electron chi connectivity index (χ0n) is 18.9. The molecular formula is C29H26ClNOPS+. The van der Waals surface area contributed by atoms with Crippen molar-refractivity contribution in [3.05, 3.63) is 137 Å². The van der Waals surface area contributed by atoms with Gasteiger partial charge < -0.3 is 0 Å². The molecule has 0 radical (unpaired) electrons. The highest BCUT2D eigenvalue weighted by Crippen LogP contribution is 2.61. The molecule has 0 atom stereocenters. The molecule has 170 valence electrons. The lowest BCUT2D eigenvalue weighted by molar-refractivity contribution is 0.0968. The molecular weight excluding hydrogens is 477 g/mol. The van der Waals surface area contributed by atoms with Gasteiger partial charge in [-0.2, -0.15) is 0 Å². The number of carbonyl (C=O) groups excluding carboxylic acids is 1. The molecule has 0 aliphatic carbocycles. The minimum Gasteiger partial charge on any atom is -0.292 e. The second kappa shape index (κ2) is 11.5. The van der Waals surface area contributed by atoms with Gasteiger partial charge in [-0.1, -0.05) is 73.1 Å². The lowest BCUT2D eigenvalue weighted by Crippen LogP contribution is -2.38. The highest BCUT2D eigenvalue weighted by molar-refractivity contribution is 8.04. The summed E-state index contributed by atoms with van der Waals surface area (Å²) in [5.74, 6) is 0.755. The van der Waals surface area contributed by atoms with Crippen LogP contribution in [0.25, 0.3) is 0 Å². The van der Waals surface area contributed by atoms with Crippen LogP contribution in [0.4, 0.5) is 0 Å². The third-order valence-electron chi connectivity index (χ3n) is 5.50. The number of amides is 1. The Labute approximate surface area is 211 Å². The van der Waals surface area contributed by atoms with Crippen LogP contribution < -0.4 is 21.2 Å². The fourth-order valence-electron chi connectivity index (χ4n) is 3.96. The Balaban J connectivity index is 1.97. The quantitative estimate of drug-likeness (QED) is 0.274. The van der Waals surface area contributed by atoms with Crippen LogP contribution in [0.2, 0.25) is 5.02 Å². The topological polar surface area (TPSA) is 29.1 Å². The molecule has 1 amide bonds. The van der Waals surface area contributed by atoms with Crippen molar-refractivity contribution in [2.24, 2.45) is 0 Å². The summed E-state index contributed by atoms with van der Waals surface area (Å²) in [6.45, 7) is 2.12. The Bertz CT molecular complexity index is 1150. The maximum absolute atomic E-state index is 13.5. The van der Waals surface area contributed by atoms with Gasteiger partial charge in [0, 0.05) is 16.0 Å². The average molecular weight is 503 g/mol. The van der Waals surface area contributed by atoms with Crippen LogP contribution in [0.1, 0.15) is 17.3 Å². The van der Waals surface area contributed by atoms with E-state index in [4.69, 9.17) is 11.6 Å². The van der Waals surface area contributed by atoms with E-state index < -0.39 is 7.26 Å². The summed E-state index contributed by atoms with van der Waals surface area (Å²) >= 11 is 7.76. The molecule has 0 saturated heterocycles. The summed E-state index contributed by atoms with van der Waals surface area (Å²) in [5.41, 5.74) is 1.49. The van der Waals surface area contributed by atoms with Gasteiger partial charge in [-0.05, 0) is 66.4 Å². The molecule has 5 heteroatoms. The third kappa shape index (κ3) is 5.13. The van der Waals surface area contributed by atoms with E-state index in [1.807, 2.05) is 18.2 Å². The van der Waals surface area contributed by atoms with Gasteiger partial charge in [0.2, 0.25) is 0 Å². The maximum atomic E-state index is 13.5. The van der Waals surface area contributed by atoms with Gasteiger partial charge in [0.25, 0.3) is 5.91 Å². The van der Waals surface area contributed by atoms with Gasteiger partial charge in [-0.3, -0.25) is 10.1 Å². The molecule has 0 spiro atoms. The maximum Gasteiger partial charge on any atom is 0.258 e. The number of carbonyl (C=O) groups is 1. The molecule has 4 rings (SSSR count). The van der Waals surface area contributed by atoms with Crippen LogP contribution in [0, 0.1) is 0 Å². The normalized spacial score (nSPS) is 11.8. The highest BCUT2D eigenvalue weighted by atomic mass is 35.5. The summed E-state index contributed by atoms with van der Waals surface area (Å²) in [4.78, 5) is 13.5. The van der Waals surface area contributed by atoms with Crippen molar-refractivity contribution in [2.45, 2.75) is 6.92 Å². The van der Waals surface area contributed by atoms with E-state index in [2.05, 4.69) is 90.4 Å². The van der Waals surface area contributed by atoms with Crippen molar-refractivity contribution in [3.63, 3.8) is 0 Å². The fraction of sp³-hybridized carbons (Fsp3) is 0.0690.